The molecule has 0 rings (SSSR count). The lowest BCUT2D eigenvalue weighted by Gasteiger charge is -2.39. The predicted octanol–water partition coefficient (Wildman–Crippen LogP) is 3.14. The van der Waals surface area contributed by atoms with E-state index in [1.807, 2.05) is 6.92 Å². The second-order valence-electron chi connectivity index (χ2n) is 5.02. The fourth-order valence-corrected chi connectivity index (χ4v) is 12.2. The number of carboxylic acid groups (broad SMARTS) is 2. The van der Waals surface area contributed by atoms with Gasteiger partial charge in [0.05, 0.1) is 12.1 Å². The van der Waals surface area contributed by atoms with E-state index in [9.17, 15) is 9.59 Å². The second kappa shape index (κ2) is 7.81. The van der Waals surface area contributed by atoms with Crippen molar-refractivity contribution in [3.8, 4) is 0 Å². The molecule has 0 fully saturated rings. The minimum Gasteiger partial charge on any atom is -0.481 e. The monoisotopic (exact) mass is 306 g/mol. The lowest BCUT2D eigenvalue weighted by molar-refractivity contribution is -0.134. The van der Waals surface area contributed by atoms with Crippen LogP contribution in [0.4, 0.5) is 0 Å². The maximum absolute atomic E-state index is 11.1. The van der Waals surface area contributed by atoms with Crippen LogP contribution >= 0.6 is 0 Å². The van der Waals surface area contributed by atoms with Crippen LogP contribution in [0.15, 0.2) is 0 Å². The van der Waals surface area contributed by atoms with Crippen LogP contribution in [-0.2, 0) is 13.7 Å². The molecule has 19 heavy (non-hydrogen) atoms. The molecule has 5 nitrogen and oxygen atoms in total. The van der Waals surface area contributed by atoms with Gasteiger partial charge in [0.25, 0.3) is 0 Å². The summed E-state index contributed by atoms with van der Waals surface area (Å²) < 4.78 is 6.36. The Hall–Kier alpha value is -0.666. The molecule has 7 heteroatoms. The minimum atomic E-state index is -2.73. The Bertz CT molecular complexity index is 291. The quantitative estimate of drug-likeness (QED) is 0.606. The third-order valence-corrected chi connectivity index (χ3v) is 14.5. The van der Waals surface area contributed by atoms with Gasteiger partial charge in [-0.05, 0) is 24.2 Å². The van der Waals surface area contributed by atoms with Gasteiger partial charge in [-0.3, -0.25) is 9.59 Å². The number of hydrogen-bond acceptors (Lipinski definition) is 3. The van der Waals surface area contributed by atoms with Crippen LogP contribution in [0.1, 0.15) is 27.7 Å². The van der Waals surface area contributed by atoms with Crippen LogP contribution in [0.5, 0.6) is 0 Å². The molecule has 2 N–H and O–H groups in total. The molecule has 0 radical (unpaired) electrons. The van der Waals surface area contributed by atoms with Crippen molar-refractivity contribution in [2.45, 2.75) is 64.0 Å². The molecule has 0 unspecified atom stereocenters. The first-order valence-corrected chi connectivity index (χ1v) is 12.0. The molecule has 0 aliphatic carbocycles. The summed E-state index contributed by atoms with van der Waals surface area (Å²) in [6.07, 6.45) is 0. The van der Waals surface area contributed by atoms with Crippen molar-refractivity contribution in [1.82, 2.24) is 0 Å². The van der Waals surface area contributed by atoms with Gasteiger partial charge >= 0.3 is 11.9 Å². The van der Waals surface area contributed by atoms with Crippen molar-refractivity contribution >= 4 is 28.6 Å². The van der Waals surface area contributed by atoms with E-state index < -0.39 is 28.6 Å². The van der Waals surface area contributed by atoms with Gasteiger partial charge in [0, 0.05) is 0 Å². The number of aliphatic carboxylic acids is 2. The summed E-state index contributed by atoms with van der Waals surface area (Å²) in [4.78, 5) is 22.2. The van der Waals surface area contributed by atoms with Crippen LogP contribution in [0, 0.1) is 0 Å². The number of hydrogen-bond donors (Lipinski definition) is 2. The Morgan fingerprint density at radius 1 is 0.789 bits per heavy atom. The maximum Gasteiger partial charge on any atom is 0.302 e. The van der Waals surface area contributed by atoms with Crippen molar-refractivity contribution in [2.24, 2.45) is 0 Å². The number of rotatable bonds is 10. The van der Waals surface area contributed by atoms with E-state index in [-0.39, 0.29) is 12.1 Å². The number of carboxylic acids is 2. The fourth-order valence-electron chi connectivity index (χ4n) is 2.43. The fraction of sp³-hybridized carbons (Fsp3) is 0.833. The van der Waals surface area contributed by atoms with Gasteiger partial charge in [0.2, 0.25) is 8.32 Å². The molecule has 0 atom stereocenters. The van der Waals surface area contributed by atoms with E-state index in [0.29, 0.717) is 6.04 Å². The number of carbonyl (C=O) groups is 2. The zero-order valence-electron chi connectivity index (χ0n) is 12.4. The molecule has 0 aromatic heterocycles. The molecule has 0 saturated carbocycles. The summed E-state index contributed by atoms with van der Waals surface area (Å²) in [6, 6.07) is 3.06. The van der Waals surface area contributed by atoms with Crippen LogP contribution < -0.4 is 0 Å². The van der Waals surface area contributed by atoms with Crippen molar-refractivity contribution in [2.75, 3.05) is 0 Å². The van der Waals surface area contributed by atoms with Crippen molar-refractivity contribution in [3.05, 3.63) is 0 Å². The average Bonchev–Trinajstić information content (AvgIpc) is 2.34. The van der Waals surface area contributed by atoms with Crippen molar-refractivity contribution in [3.63, 3.8) is 0 Å². The Labute approximate surface area is 117 Å². The first kappa shape index (κ1) is 18.3. The molecule has 112 valence electrons. The van der Waals surface area contributed by atoms with Crippen molar-refractivity contribution < 1.29 is 23.9 Å². The Morgan fingerprint density at radius 2 is 1.11 bits per heavy atom. The highest BCUT2D eigenvalue weighted by Gasteiger charge is 2.44. The molecular weight excluding hydrogens is 280 g/mol. The van der Waals surface area contributed by atoms with Gasteiger partial charge in [-0.1, -0.05) is 27.7 Å². The molecular formula is C12H26O5Si2. The predicted molar refractivity (Wildman–Crippen MR) is 79.4 cm³/mol. The van der Waals surface area contributed by atoms with E-state index in [0.717, 1.165) is 18.1 Å². The average molecular weight is 307 g/mol. The molecule has 0 amide bonds. The highest BCUT2D eigenvalue weighted by molar-refractivity contribution is 6.89. The second-order valence-corrected chi connectivity index (χ2v) is 14.1. The van der Waals surface area contributed by atoms with E-state index in [1.54, 1.807) is 0 Å². The van der Waals surface area contributed by atoms with Crippen molar-refractivity contribution in [1.29, 1.82) is 0 Å². The molecule has 0 spiro atoms. The Balaban J connectivity index is 5.31. The zero-order chi connectivity index (χ0) is 15.1. The summed E-state index contributed by atoms with van der Waals surface area (Å²) in [5.74, 6) is -1.89. The SMILES string of the molecule is CC[Si](CC)(CC)O[Si](CC)(CC(=O)O)CC(=O)O. The summed E-state index contributed by atoms with van der Waals surface area (Å²) in [6.45, 7) is 8.05. The standard InChI is InChI=1S/C12H26O5Si2/c1-5-18(6-2,7-3)17-19(8-4,9-11(13)14)10-12(15)16/h5-10H2,1-4H3,(H,13,14)(H,15,16). The van der Waals surface area contributed by atoms with Crippen LogP contribution in [0.25, 0.3) is 0 Å². The first-order chi connectivity index (χ1) is 8.78. The third-order valence-electron chi connectivity index (χ3n) is 3.96. The molecule has 0 aliphatic heterocycles. The smallest absolute Gasteiger partial charge is 0.302 e. The third kappa shape index (κ3) is 5.45. The molecule has 0 aliphatic rings. The van der Waals surface area contributed by atoms with Gasteiger partial charge in [-0.2, -0.15) is 0 Å². The normalized spacial score (nSPS) is 12.4. The van der Waals surface area contributed by atoms with Crippen LogP contribution in [0.3, 0.4) is 0 Å². The van der Waals surface area contributed by atoms with Crippen LogP contribution in [0.2, 0.25) is 36.3 Å². The van der Waals surface area contributed by atoms with Gasteiger partial charge in [-0.25, -0.2) is 0 Å². The first-order valence-electron chi connectivity index (χ1n) is 6.92. The highest BCUT2D eigenvalue weighted by atomic mass is 28.4. The van der Waals surface area contributed by atoms with Gasteiger partial charge in [0.15, 0.2) is 8.32 Å². The molecule has 0 bridgehead atoms. The highest BCUT2D eigenvalue weighted by Crippen LogP contribution is 2.32. The van der Waals surface area contributed by atoms with E-state index in [2.05, 4.69) is 20.8 Å². The molecule has 0 aromatic carbocycles. The Kier molecular flexibility index (Phi) is 7.54. The summed E-state index contributed by atoms with van der Waals surface area (Å²) in [5.41, 5.74) is 0. The summed E-state index contributed by atoms with van der Waals surface area (Å²) in [7, 11) is -4.70. The topological polar surface area (TPSA) is 83.8 Å². The van der Waals surface area contributed by atoms with Gasteiger partial charge in [0.1, 0.15) is 0 Å². The van der Waals surface area contributed by atoms with E-state index >= 15 is 0 Å². The lowest BCUT2D eigenvalue weighted by Crippen LogP contribution is -2.52. The molecule has 0 aromatic rings. The van der Waals surface area contributed by atoms with Gasteiger partial charge in [-0.15, -0.1) is 0 Å². The summed E-state index contributed by atoms with van der Waals surface area (Å²) in [5, 5.41) is 18.2. The minimum absolute atomic E-state index is 0.107. The molecule has 0 heterocycles. The zero-order valence-corrected chi connectivity index (χ0v) is 14.4. The van der Waals surface area contributed by atoms with Crippen LogP contribution in [-0.4, -0.2) is 38.8 Å². The van der Waals surface area contributed by atoms with E-state index in [4.69, 9.17) is 14.3 Å². The van der Waals surface area contributed by atoms with E-state index in [1.165, 1.54) is 0 Å². The Morgan fingerprint density at radius 3 is 1.32 bits per heavy atom. The largest absolute Gasteiger partial charge is 0.481 e. The summed E-state index contributed by atoms with van der Waals surface area (Å²) >= 11 is 0. The maximum atomic E-state index is 11.1. The van der Waals surface area contributed by atoms with Gasteiger partial charge < -0.3 is 14.3 Å². The molecule has 0 saturated heterocycles. The lowest BCUT2D eigenvalue weighted by atomic mass is 10.8.